The molecule has 0 fully saturated rings. The van der Waals surface area contributed by atoms with Crippen LogP contribution in [0.15, 0.2) is 60.2 Å². The minimum Gasteiger partial charge on any atom is -0.478 e. The molecular formula is C20H16Cl2N2O3. The van der Waals surface area contributed by atoms with E-state index in [1.165, 1.54) is 0 Å². The van der Waals surface area contributed by atoms with Crippen molar-refractivity contribution >= 4 is 46.0 Å². The summed E-state index contributed by atoms with van der Waals surface area (Å²) in [4.78, 5) is 13.1. The molecule has 0 saturated heterocycles. The lowest BCUT2D eigenvalue weighted by molar-refractivity contribution is -0.111. The molecule has 1 aliphatic rings. The van der Waals surface area contributed by atoms with Crippen molar-refractivity contribution in [3.8, 4) is 0 Å². The van der Waals surface area contributed by atoms with E-state index in [1.807, 2.05) is 0 Å². The molecular weight excluding hydrogens is 387 g/mol. The number of Topliss-reactive ketones (excluding diaryl/α,β-unsaturated/α-hetero) is 1. The molecule has 0 saturated carbocycles. The zero-order chi connectivity index (χ0) is 19.6. The van der Waals surface area contributed by atoms with Crippen LogP contribution in [0.25, 0.3) is 11.1 Å². The maximum atomic E-state index is 13.1. The molecule has 3 rings (SSSR count). The molecule has 1 heterocycles. The van der Waals surface area contributed by atoms with E-state index in [1.54, 1.807) is 55.5 Å². The first kappa shape index (κ1) is 19.0. The predicted octanol–water partition coefficient (Wildman–Crippen LogP) is 4.65. The Hall–Kier alpha value is -2.76. The van der Waals surface area contributed by atoms with Crippen molar-refractivity contribution in [3.63, 3.8) is 0 Å². The average molecular weight is 403 g/mol. The number of ketones is 1. The molecule has 0 bridgehead atoms. The molecule has 7 heteroatoms. The zero-order valence-corrected chi connectivity index (χ0v) is 15.9. The zero-order valence-electron chi connectivity index (χ0n) is 14.4. The third kappa shape index (κ3) is 3.84. The van der Waals surface area contributed by atoms with Gasteiger partial charge in [0.15, 0.2) is 5.76 Å². The summed E-state index contributed by atoms with van der Waals surface area (Å²) in [5, 5.41) is 9.31. The Kier molecular flexibility index (Phi) is 5.54. The van der Waals surface area contributed by atoms with Gasteiger partial charge in [-0.25, -0.2) is 0 Å². The number of halogens is 2. The Morgan fingerprint density at radius 2 is 1.63 bits per heavy atom. The predicted molar refractivity (Wildman–Crippen MR) is 106 cm³/mol. The van der Waals surface area contributed by atoms with Crippen LogP contribution in [0.2, 0.25) is 10.0 Å². The van der Waals surface area contributed by atoms with Gasteiger partial charge in [0.25, 0.3) is 0 Å². The molecule has 3 N–H and O–H groups in total. The second kappa shape index (κ2) is 7.86. The number of allylic oxidation sites excluding steroid dienone is 1. The van der Waals surface area contributed by atoms with Crippen LogP contribution in [0.4, 0.5) is 0 Å². The summed E-state index contributed by atoms with van der Waals surface area (Å²) in [6, 6.07) is 13.4. The normalized spacial score (nSPS) is 15.6. The molecule has 0 aromatic heterocycles. The maximum absolute atomic E-state index is 13.1. The van der Waals surface area contributed by atoms with E-state index in [2.05, 4.69) is 0 Å². The van der Waals surface area contributed by atoms with Crippen LogP contribution in [0, 0.1) is 5.41 Å². The lowest BCUT2D eigenvalue weighted by atomic mass is 9.97. The van der Waals surface area contributed by atoms with E-state index < -0.39 is 5.78 Å². The molecule has 0 radical (unpaired) electrons. The topological polar surface area (TPSA) is 85.4 Å². The summed E-state index contributed by atoms with van der Waals surface area (Å²) < 4.78 is 10.9. The van der Waals surface area contributed by atoms with Gasteiger partial charge in [-0.05, 0) is 42.3 Å². The first-order chi connectivity index (χ1) is 12.9. The SMILES string of the molecule is CCOC(=N)C(=C1OC(N)=C(c2ccc(Cl)cc2)C1=O)c1ccc(Cl)cc1. The number of nitrogens with one attached hydrogen (secondary N) is 1. The Balaban J connectivity index is 2.10. The van der Waals surface area contributed by atoms with Crippen LogP contribution in [-0.2, 0) is 14.3 Å². The third-order valence-electron chi connectivity index (χ3n) is 3.90. The molecule has 5 nitrogen and oxygen atoms in total. The summed E-state index contributed by atoms with van der Waals surface area (Å²) in [5.41, 5.74) is 7.55. The van der Waals surface area contributed by atoms with Crippen LogP contribution >= 0.6 is 23.2 Å². The number of hydrogen-bond acceptors (Lipinski definition) is 5. The fraction of sp³-hybridized carbons (Fsp3) is 0.100. The third-order valence-corrected chi connectivity index (χ3v) is 4.40. The van der Waals surface area contributed by atoms with E-state index in [-0.39, 0.29) is 35.3 Å². The van der Waals surface area contributed by atoms with Crippen molar-refractivity contribution in [3.05, 3.63) is 81.3 Å². The number of nitrogens with two attached hydrogens (primary N) is 1. The number of benzene rings is 2. The van der Waals surface area contributed by atoms with E-state index in [9.17, 15) is 4.79 Å². The van der Waals surface area contributed by atoms with Crippen LogP contribution in [0.5, 0.6) is 0 Å². The first-order valence-corrected chi connectivity index (χ1v) is 8.88. The largest absolute Gasteiger partial charge is 0.478 e. The van der Waals surface area contributed by atoms with Crippen LogP contribution in [0.3, 0.4) is 0 Å². The van der Waals surface area contributed by atoms with Gasteiger partial charge < -0.3 is 15.2 Å². The van der Waals surface area contributed by atoms with Gasteiger partial charge in [0.05, 0.1) is 17.8 Å². The Labute approximate surface area is 166 Å². The fourth-order valence-electron chi connectivity index (χ4n) is 2.69. The number of carbonyl (C=O) groups is 1. The highest BCUT2D eigenvalue weighted by molar-refractivity contribution is 6.37. The smallest absolute Gasteiger partial charge is 0.235 e. The average Bonchev–Trinajstić information content (AvgIpc) is 2.92. The lowest BCUT2D eigenvalue weighted by Crippen LogP contribution is -2.12. The molecule has 0 spiro atoms. The van der Waals surface area contributed by atoms with Crippen molar-refractivity contribution < 1.29 is 14.3 Å². The molecule has 0 aliphatic carbocycles. The summed E-state index contributed by atoms with van der Waals surface area (Å²) >= 11 is 11.9. The Morgan fingerprint density at radius 3 is 2.19 bits per heavy atom. The highest BCUT2D eigenvalue weighted by Crippen LogP contribution is 2.35. The summed E-state index contributed by atoms with van der Waals surface area (Å²) in [7, 11) is 0. The minimum absolute atomic E-state index is 0.0342. The van der Waals surface area contributed by atoms with Gasteiger partial charge in [-0.2, -0.15) is 0 Å². The Bertz CT molecular complexity index is 962. The van der Waals surface area contributed by atoms with Crippen molar-refractivity contribution in [1.82, 2.24) is 0 Å². The summed E-state index contributed by atoms with van der Waals surface area (Å²) in [6.07, 6.45) is 0. The van der Waals surface area contributed by atoms with Crippen molar-refractivity contribution in [1.29, 1.82) is 5.41 Å². The van der Waals surface area contributed by atoms with Gasteiger partial charge in [-0.1, -0.05) is 47.5 Å². The highest BCUT2D eigenvalue weighted by atomic mass is 35.5. The molecule has 2 aromatic rings. The maximum Gasteiger partial charge on any atom is 0.235 e. The number of ether oxygens (including phenoxy) is 2. The Morgan fingerprint density at radius 1 is 1.07 bits per heavy atom. The van der Waals surface area contributed by atoms with E-state index >= 15 is 0 Å². The van der Waals surface area contributed by atoms with Crippen molar-refractivity contribution in [2.24, 2.45) is 5.73 Å². The van der Waals surface area contributed by atoms with E-state index in [0.29, 0.717) is 21.2 Å². The van der Waals surface area contributed by atoms with E-state index in [0.717, 1.165) is 0 Å². The van der Waals surface area contributed by atoms with Gasteiger partial charge in [0.1, 0.15) is 0 Å². The monoisotopic (exact) mass is 402 g/mol. The van der Waals surface area contributed by atoms with Gasteiger partial charge in [0.2, 0.25) is 17.6 Å². The van der Waals surface area contributed by atoms with Gasteiger partial charge in [0, 0.05) is 10.0 Å². The van der Waals surface area contributed by atoms with Crippen molar-refractivity contribution in [2.75, 3.05) is 6.61 Å². The number of carbonyl (C=O) groups excluding carboxylic acids is 1. The van der Waals surface area contributed by atoms with Crippen molar-refractivity contribution in [2.45, 2.75) is 6.92 Å². The fourth-order valence-corrected chi connectivity index (χ4v) is 2.94. The van der Waals surface area contributed by atoms with E-state index in [4.69, 9.17) is 43.8 Å². The van der Waals surface area contributed by atoms with Crippen LogP contribution in [0.1, 0.15) is 18.1 Å². The summed E-state index contributed by atoms with van der Waals surface area (Å²) in [6.45, 7) is 2.02. The second-order valence-corrected chi connectivity index (χ2v) is 6.52. The molecule has 138 valence electrons. The van der Waals surface area contributed by atoms with Gasteiger partial charge >= 0.3 is 0 Å². The quantitative estimate of drug-likeness (QED) is 0.442. The van der Waals surface area contributed by atoms with Gasteiger partial charge in [-0.3, -0.25) is 10.2 Å². The lowest BCUT2D eigenvalue weighted by Gasteiger charge is -2.12. The molecule has 0 unspecified atom stereocenters. The molecule has 0 amide bonds. The minimum atomic E-state index is -0.427. The molecule has 27 heavy (non-hydrogen) atoms. The molecule has 2 aromatic carbocycles. The molecule has 0 atom stereocenters. The van der Waals surface area contributed by atoms with Crippen LogP contribution < -0.4 is 5.73 Å². The standard InChI is InChI=1S/C20H16Cl2N2O3/c1-2-26-19(23)16(12-5-9-14(22)10-6-12)18-17(25)15(20(24)27-18)11-3-7-13(21)8-4-11/h3-10,23H,2,24H2,1H3. The van der Waals surface area contributed by atoms with Gasteiger partial charge in [-0.15, -0.1) is 0 Å². The summed E-state index contributed by atoms with van der Waals surface area (Å²) in [5.74, 6) is -0.705. The van der Waals surface area contributed by atoms with Crippen LogP contribution in [-0.4, -0.2) is 18.3 Å². The highest BCUT2D eigenvalue weighted by Gasteiger charge is 2.35. The second-order valence-electron chi connectivity index (χ2n) is 5.65. The molecule has 1 aliphatic heterocycles. The number of rotatable bonds is 4. The first-order valence-electron chi connectivity index (χ1n) is 8.12. The number of hydrogen-bond donors (Lipinski definition) is 2.